The normalized spacial score (nSPS) is 22.5. The van der Waals surface area contributed by atoms with Crippen LogP contribution in [0.25, 0.3) is 0 Å². The Morgan fingerprint density at radius 1 is 1.75 bits per heavy atom. The average molecular weight is 179 g/mol. The van der Waals surface area contributed by atoms with Crippen LogP contribution in [0.1, 0.15) is 13.3 Å². The van der Waals surface area contributed by atoms with Crippen LogP contribution in [0, 0.1) is 0 Å². The Morgan fingerprint density at radius 3 is 3.08 bits per heavy atom. The average Bonchev–Trinajstić information content (AvgIpc) is 2.51. The van der Waals surface area contributed by atoms with Gasteiger partial charge in [-0.05, 0) is 24.0 Å². The molecule has 0 saturated carbocycles. The minimum Gasteiger partial charge on any atom is -0.287 e. The highest BCUT2D eigenvalue weighted by atomic mass is 32.2. The SMILES string of the molecule is C=C(C=C1SC=CC1=NC)CC. The number of hydrogen-bond acceptors (Lipinski definition) is 2. The second kappa shape index (κ2) is 4.31. The summed E-state index contributed by atoms with van der Waals surface area (Å²) in [7, 11) is 1.81. The summed E-state index contributed by atoms with van der Waals surface area (Å²) >= 11 is 1.71. The maximum Gasteiger partial charge on any atom is 0.0715 e. The van der Waals surface area contributed by atoms with Gasteiger partial charge in [0, 0.05) is 12.0 Å². The molecule has 0 amide bonds. The van der Waals surface area contributed by atoms with Crippen molar-refractivity contribution in [2.75, 3.05) is 7.05 Å². The molecule has 0 aliphatic carbocycles. The minimum absolute atomic E-state index is 1.00. The van der Waals surface area contributed by atoms with Crippen LogP contribution in [0.4, 0.5) is 0 Å². The molecule has 1 heterocycles. The zero-order valence-corrected chi connectivity index (χ0v) is 8.32. The predicted octanol–water partition coefficient (Wildman–Crippen LogP) is 3.17. The Hall–Kier alpha value is -0.760. The van der Waals surface area contributed by atoms with E-state index >= 15 is 0 Å². The smallest absolute Gasteiger partial charge is 0.0715 e. The van der Waals surface area contributed by atoms with Crippen LogP contribution < -0.4 is 0 Å². The third kappa shape index (κ3) is 2.11. The largest absolute Gasteiger partial charge is 0.287 e. The summed E-state index contributed by atoms with van der Waals surface area (Å²) in [4.78, 5) is 5.37. The van der Waals surface area contributed by atoms with E-state index in [9.17, 15) is 0 Å². The van der Waals surface area contributed by atoms with E-state index in [-0.39, 0.29) is 0 Å². The van der Waals surface area contributed by atoms with Crippen LogP contribution in [0.15, 0.2) is 39.6 Å². The Kier molecular flexibility index (Phi) is 3.35. The summed E-state index contributed by atoms with van der Waals surface area (Å²) in [6.45, 7) is 6.04. The maximum atomic E-state index is 4.16. The van der Waals surface area contributed by atoms with E-state index in [4.69, 9.17) is 0 Å². The molecule has 1 rings (SSSR count). The number of rotatable bonds is 2. The molecule has 0 aromatic rings. The van der Waals surface area contributed by atoms with E-state index in [0.29, 0.717) is 0 Å². The van der Waals surface area contributed by atoms with E-state index < -0.39 is 0 Å². The molecule has 1 aliphatic rings. The molecule has 0 aromatic heterocycles. The van der Waals surface area contributed by atoms with Crippen molar-refractivity contribution >= 4 is 17.5 Å². The highest BCUT2D eigenvalue weighted by molar-refractivity contribution is 8.07. The van der Waals surface area contributed by atoms with Crippen LogP contribution >= 0.6 is 11.8 Å². The Labute approximate surface area is 78.0 Å². The molecule has 0 spiro atoms. The van der Waals surface area contributed by atoms with Gasteiger partial charge in [0.15, 0.2) is 0 Å². The molecule has 0 aromatic carbocycles. The van der Waals surface area contributed by atoms with Crippen LogP contribution in [0.3, 0.4) is 0 Å². The summed E-state index contributed by atoms with van der Waals surface area (Å²) in [5.41, 5.74) is 2.22. The van der Waals surface area contributed by atoms with Gasteiger partial charge in [-0.3, -0.25) is 4.99 Å². The van der Waals surface area contributed by atoms with Crippen molar-refractivity contribution in [3.8, 4) is 0 Å². The molecule has 0 radical (unpaired) electrons. The van der Waals surface area contributed by atoms with Crippen LogP contribution in [0.2, 0.25) is 0 Å². The first kappa shape index (κ1) is 9.33. The standard InChI is InChI=1S/C10H13NS/c1-4-8(2)7-10-9(11-3)5-6-12-10/h5-7H,2,4H2,1,3H3. The fraction of sp³-hybridized carbons (Fsp3) is 0.300. The van der Waals surface area contributed by atoms with E-state index in [1.54, 1.807) is 11.8 Å². The molecule has 12 heavy (non-hydrogen) atoms. The lowest BCUT2D eigenvalue weighted by atomic mass is 10.2. The van der Waals surface area contributed by atoms with E-state index in [1.807, 2.05) is 13.1 Å². The zero-order chi connectivity index (χ0) is 8.97. The number of hydrogen-bond donors (Lipinski definition) is 0. The van der Waals surface area contributed by atoms with E-state index in [1.165, 1.54) is 4.91 Å². The van der Waals surface area contributed by atoms with Gasteiger partial charge >= 0.3 is 0 Å². The highest BCUT2D eigenvalue weighted by Crippen LogP contribution is 2.27. The Balaban J connectivity index is 2.78. The second-order valence-corrected chi connectivity index (χ2v) is 3.50. The maximum absolute atomic E-state index is 4.16. The van der Waals surface area contributed by atoms with Gasteiger partial charge in [-0.25, -0.2) is 0 Å². The molecule has 1 aliphatic heterocycles. The molecule has 0 bridgehead atoms. The van der Waals surface area contributed by atoms with Gasteiger partial charge in [-0.2, -0.15) is 0 Å². The zero-order valence-electron chi connectivity index (χ0n) is 7.50. The van der Waals surface area contributed by atoms with Gasteiger partial charge in [0.05, 0.1) is 5.71 Å². The Bertz CT molecular complexity index is 272. The van der Waals surface area contributed by atoms with Gasteiger partial charge in [-0.15, -0.1) is 0 Å². The number of allylic oxidation sites excluding steroid dienone is 4. The predicted molar refractivity (Wildman–Crippen MR) is 57.6 cm³/mol. The molecular weight excluding hydrogens is 166 g/mol. The van der Waals surface area contributed by atoms with Crippen molar-refractivity contribution in [1.82, 2.24) is 0 Å². The van der Waals surface area contributed by atoms with Crippen molar-refractivity contribution in [3.05, 3.63) is 34.6 Å². The van der Waals surface area contributed by atoms with Crippen molar-refractivity contribution in [2.24, 2.45) is 4.99 Å². The first-order chi connectivity index (χ1) is 5.77. The van der Waals surface area contributed by atoms with Crippen molar-refractivity contribution in [1.29, 1.82) is 0 Å². The second-order valence-electron chi connectivity index (χ2n) is 2.55. The molecule has 2 heteroatoms. The highest BCUT2D eigenvalue weighted by Gasteiger charge is 2.08. The van der Waals surface area contributed by atoms with Gasteiger partial charge in [0.1, 0.15) is 0 Å². The quantitative estimate of drug-likeness (QED) is 0.634. The molecule has 64 valence electrons. The third-order valence-electron chi connectivity index (χ3n) is 1.70. The molecule has 0 fully saturated rings. The summed E-state index contributed by atoms with van der Waals surface area (Å²) < 4.78 is 0. The lowest BCUT2D eigenvalue weighted by Crippen LogP contribution is -1.90. The van der Waals surface area contributed by atoms with Crippen molar-refractivity contribution in [2.45, 2.75) is 13.3 Å². The molecule has 0 saturated heterocycles. The van der Waals surface area contributed by atoms with Gasteiger partial charge in [0.2, 0.25) is 0 Å². The first-order valence-electron chi connectivity index (χ1n) is 3.97. The summed E-state index contributed by atoms with van der Waals surface area (Å²) in [5, 5.41) is 2.05. The molecule has 1 nitrogen and oxygen atoms in total. The van der Waals surface area contributed by atoms with Crippen LogP contribution in [-0.4, -0.2) is 12.8 Å². The van der Waals surface area contributed by atoms with Crippen molar-refractivity contribution in [3.63, 3.8) is 0 Å². The number of aliphatic imine (C=N–C) groups is 1. The topological polar surface area (TPSA) is 12.4 Å². The van der Waals surface area contributed by atoms with E-state index in [0.717, 1.165) is 17.7 Å². The van der Waals surface area contributed by atoms with E-state index in [2.05, 4.69) is 30.0 Å². The van der Waals surface area contributed by atoms with Gasteiger partial charge < -0.3 is 0 Å². The molecule has 0 atom stereocenters. The number of nitrogens with zero attached hydrogens (tertiary/aromatic N) is 1. The first-order valence-corrected chi connectivity index (χ1v) is 4.85. The lowest BCUT2D eigenvalue weighted by molar-refractivity contribution is 1.16. The monoisotopic (exact) mass is 179 g/mol. The summed E-state index contributed by atoms with van der Waals surface area (Å²) in [6.07, 6.45) is 5.13. The van der Waals surface area contributed by atoms with Gasteiger partial charge in [0.25, 0.3) is 0 Å². The molecule has 0 N–H and O–H groups in total. The fourth-order valence-electron chi connectivity index (χ4n) is 0.894. The van der Waals surface area contributed by atoms with Gasteiger partial charge in [-0.1, -0.05) is 30.8 Å². The summed E-state index contributed by atoms with van der Waals surface area (Å²) in [5.74, 6) is 0. The number of thioether (sulfide) groups is 1. The third-order valence-corrected chi connectivity index (χ3v) is 2.56. The van der Waals surface area contributed by atoms with Crippen molar-refractivity contribution < 1.29 is 0 Å². The minimum atomic E-state index is 1.00. The molecular formula is C10H13NS. The van der Waals surface area contributed by atoms with Crippen LogP contribution in [0.5, 0.6) is 0 Å². The van der Waals surface area contributed by atoms with Crippen LogP contribution in [-0.2, 0) is 0 Å². The lowest BCUT2D eigenvalue weighted by Gasteiger charge is -1.98. The summed E-state index contributed by atoms with van der Waals surface area (Å²) in [6, 6.07) is 0. The Morgan fingerprint density at radius 2 is 2.50 bits per heavy atom. The fourth-order valence-corrected chi connectivity index (χ4v) is 1.75. The molecule has 0 unspecified atom stereocenters.